The third-order valence-electron chi connectivity index (χ3n) is 5.81. The molecule has 1 atom stereocenters. The van der Waals surface area contributed by atoms with Crippen molar-refractivity contribution >= 4 is 17.8 Å². The molecule has 7 nitrogen and oxygen atoms in total. The molecule has 1 aromatic rings. The summed E-state index contributed by atoms with van der Waals surface area (Å²) in [6.07, 6.45) is 2.28. The minimum absolute atomic E-state index is 0.0148. The Morgan fingerprint density at radius 3 is 2.55 bits per heavy atom. The Kier molecular flexibility index (Phi) is 7.63. The van der Waals surface area contributed by atoms with Gasteiger partial charge in [0.05, 0.1) is 25.0 Å². The van der Waals surface area contributed by atoms with Crippen LogP contribution in [-0.2, 0) is 25.5 Å². The number of rotatable bonds is 7. The number of piperidine rings is 1. The van der Waals surface area contributed by atoms with Crippen LogP contribution in [0.4, 0.5) is 0 Å². The van der Waals surface area contributed by atoms with Crippen LogP contribution in [-0.4, -0.2) is 73.0 Å². The predicted molar refractivity (Wildman–Crippen MR) is 109 cm³/mol. The quantitative estimate of drug-likeness (QED) is 0.695. The molecule has 0 radical (unpaired) electrons. The zero-order chi connectivity index (χ0) is 20.6. The summed E-state index contributed by atoms with van der Waals surface area (Å²) >= 11 is 0. The summed E-state index contributed by atoms with van der Waals surface area (Å²) in [5.41, 5.74) is 1.23. The maximum atomic E-state index is 12.8. The summed E-state index contributed by atoms with van der Waals surface area (Å²) in [7, 11) is 0. The van der Waals surface area contributed by atoms with Crippen LogP contribution in [0.2, 0.25) is 0 Å². The van der Waals surface area contributed by atoms with Crippen LogP contribution >= 0.6 is 0 Å². The number of likely N-dealkylation sites (tertiary alicyclic amines) is 1. The molecular formula is C22H31N3O4. The van der Waals surface area contributed by atoms with E-state index in [4.69, 9.17) is 4.74 Å². The van der Waals surface area contributed by atoms with Gasteiger partial charge in [0, 0.05) is 32.7 Å². The van der Waals surface area contributed by atoms with E-state index in [1.807, 2.05) is 18.2 Å². The highest BCUT2D eigenvalue weighted by molar-refractivity contribution is 5.89. The zero-order valence-electron chi connectivity index (χ0n) is 17.1. The first-order chi connectivity index (χ1) is 14.1. The monoisotopic (exact) mass is 401 g/mol. The lowest BCUT2D eigenvalue weighted by Gasteiger charge is -2.37. The average molecular weight is 402 g/mol. The number of esters is 1. The van der Waals surface area contributed by atoms with Gasteiger partial charge in [-0.15, -0.1) is 0 Å². The molecule has 0 bridgehead atoms. The molecule has 158 valence electrons. The average Bonchev–Trinajstić information content (AvgIpc) is 2.75. The van der Waals surface area contributed by atoms with Crippen molar-refractivity contribution in [2.24, 2.45) is 5.92 Å². The number of ether oxygens (including phenoxy) is 1. The van der Waals surface area contributed by atoms with Gasteiger partial charge >= 0.3 is 5.97 Å². The van der Waals surface area contributed by atoms with E-state index in [0.717, 1.165) is 19.5 Å². The van der Waals surface area contributed by atoms with Gasteiger partial charge in [0.25, 0.3) is 0 Å². The molecule has 2 saturated heterocycles. The highest BCUT2D eigenvalue weighted by Gasteiger charge is 2.34. The van der Waals surface area contributed by atoms with Crippen molar-refractivity contribution in [2.45, 2.75) is 38.6 Å². The second kappa shape index (κ2) is 10.4. The highest BCUT2D eigenvalue weighted by atomic mass is 16.5. The number of hydrogen-bond acceptors (Lipinski definition) is 5. The molecule has 2 heterocycles. The second-order valence-corrected chi connectivity index (χ2v) is 7.69. The molecule has 0 aliphatic carbocycles. The van der Waals surface area contributed by atoms with Crippen molar-refractivity contribution in [1.29, 1.82) is 0 Å². The Morgan fingerprint density at radius 1 is 1.14 bits per heavy atom. The van der Waals surface area contributed by atoms with Gasteiger partial charge in [-0.25, -0.2) is 0 Å². The fraction of sp³-hybridized carbons (Fsp3) is 0.591. The van der Waals surface area contributed by atoms with Crippen LogP contribution < -0.4 is 5.32 Å². The summed E-state index contributed by atoms with van der Waals surface area (Å²) in [6, 6.07) is 9.75. The van der Waals surface area contributed by atoms with E-state index in [1.165, 1.54) is 5.56 Å². The van der Waals surface area contributed by atoms with Crippen LogP contribution in [0, 0.1) is 5.92 Å². The van der Waals surface area contributed by atoms with Gasteiger partial charge < -0.3 is 15.0 Å². The van der Waals surface area contributed by atoms with Gasteiger partial charge in [-0.3, -0.25) is 19.3 Å². The molecule has 2 fully saturated rings. The SMILES string of the molecule is CCOC(=O)C1CCN(C(=O)CC2C(=O)NCCN2CCc2ccccc2)CC1. The van der Waals surface area contributed by atoms with Crippen LogP contribution in [0.5, 0.6) is 0 Å². The van der Waals surface area contributed by atoms with E-state index in [9.17, 15) is 14.4 Å². The number of benzene rings is 1. The molecule has 1 unspecified atom stereocenters. The Labute approximate surface area is 172 Å². The molecule has 3 rings (SSSR count). The molecule has 1 N–H and O–H groups in total. The lowest BCUT2D eigenvalue weighted by Crippen LogP contribution is -2.57. The molecule has 0 aromatic heterocycles. The van der Waals surface area contributed by atoms with Crippen LogP contribution in [0.3, 0.4) is 0 Å². The van der Waals surface area contributed by atoms with E-state index in [2.05, 4.69) is 22.3 Å². The number of nitrogens with zero attached hydrogens (tertiary/aromatic N) is 2. The van der Waals surface area contributed by atoms with Crippen molar-refractivity contribution in [2.75, 3.05) is 39.3 Å². The predicted octanol–water partition coefficient (Wildman–Crippen LogP) is 1.22. The minimum Gasteiger partial charge on any atom is -0.466 e. The molecule has 1 aromatic carbocycles. The van der Waals surface area contributed by atoms with Crippen molar-refractivity contribution in [1.82, 2.24) is 15.1 Å². The van der Waals surface area contributed by atoms with Crippen molar-refractivity contribution in [3.8, 4) is 0 Å². The van der Waals surface area contributed by atoms with Crippen LogP contribution in [0.25, 0.3) is 0 Å². The first kappa shape index (κ1) is 21.3. The molecule has 2 aliphatic heterocycles. The maximum Gasteiger partial charge on any atom is 0.309 e. The lowest BCUT2D eigenvalue weighted by molar-refractivity contribution is -0.151. The Morgan fingerprint density at radius 2 is 1.86 bits per heavy atom. The van der Waals surface area contributed by atoms with Crippen molar-refractivity contribution < 1.29 is 19.1 Å². The standard InChI is InChI=1S/C22H31N3O4/c1-2-29-22(28)18-9-13-25(14-10-18)20(26)16-19-21(27)23-11-15-24(19)12-8-17-6-4-3-5-7-17/h3-7,18-19H,2,8-16H2,1H3,(H,23,27). The van der Waals surface area contributed by atoms with Gasteiger partial charge in [-0.1, -0.05) is 30.3 Å². The molecule has 0 spiro atoms. The topological polar surface area (TPSA) is 78.9 Å². The van der Waals surface area contributed by atoms with E-state index in [0.29, 0.717) is 39.1 Å². The Balaban J connectivity index is 1.53. The molecule has 29 heavy (non-hydrogen) atoms. The largest absolute Gasteiger partial charge is 0.466 e. The summed E-state index contributed by atoms with van der Waals surface area (Å²) < 4.78 is 5.09. The van der Waals surface area contributed by atoms with E-state index < -0.39 is 6.04 Å². The fourth-order valence-corrected chi connectivity index (χ4v) is 4.09. The summed E-state index contributed by atoms with van der Waals surface area (Å²) in [4.78, 5) is 41.1. The summed E-state index contributed by atoms with van der Waals surface area (Å²) in [6.45, 7) is 5.38. The summed E-state index contributed by atoms with van der Waals surface area (Å²) in [5.74, 6) is -0.379. The number of nitrogens with one attached hydrogen (secondary N) is 1. The summed E-state index contributed by atoms with van der Waals surface area (Å²) in [5, 5.41) is 2.89. The molecule has 7 heteroatoms. The highest BCUT2D eigenvalue weighted by Crippen LogP contribution is 2.21. The number of amides is 2. The van der Waals surface area contributed by atoms with Crippen molar-refractivity contribution in [3.05, 3.63) is 35.9 Å². The first-order valence-electron chi connectivity index (χ1n) is 10.6. The van der Waals surface area contributed by atoms with Gasteiger partial charge in [0.15, 0.2) is 0 Å². The molecule has 0 saturated carbocycles. The van der Waals surface area contributed by atoms with Crippen LogP contribution in [0.1, 0.15) is 31.7 Å². The van der Waals surface area contributed by atoms with Gasteiger partial charge in [0.1, 0.15) is 0 Å². The van der Waals surface area contributed by atoms with Gasteiger partial charge in [0.2, 0.25) is 11.8 Å². The minimum atomic E-state index is -0.428. The first-order valence-corrected chi connectivity index (χ1v) is 10.6. The zero-order valence-corrected chi connectivity index (χ0v) is 17.1. The smallest absolute Gasteiger partial charge is 0.309 e. The Hall–Kier alpha value is -2.41. The van der Waals surface area contributed by atoms with Crippen molar-refractivity contribution in [3.63, 3.8) is 0 Å². The number of hydrogen-bond donors (Lipinski definition) is 1. The Bertz CT molecular complexity index is 701. The van der Waals surface area contributed by atoms with E-state index in [-0.39, 0.29) is 30.1 Å². The molecule has 2 aliphatic rings. The van der Waals surface area contributed by atoms with Gasteiger partial charge in [-0.05, 0) is 31.7 Å². The second-order valence-electron chi connectivity index (χ2n) is 7.69. The lowest BCUT2D eigenvalue weighted by atomic mass is 9.96. The number of carbonyl (C=O) groups is 3. The molecular weight excluding hydrogens is 370 g/mol. The number of carbonyl (C=O) groups excluding carboxylic acids is 3. The molecule has 2 amide bonds. The fourth-order valence-electron chi connectivity index (χ4n) is 4.09. The van der Waals surface area contributed by atoms with E-state index in [1.54, 1.807) is 11.8 Å². The maximum absolute atomic E-state index is 12.8. The van der Waals surface area contributed by atoms with Gasteiger partial charge in [-0.2, -0.15) is 0 Å². The van der Waals surface area contributed by atoms with Crippen LogP contribution in [0.15, 0.2) is 30.3 Å². The third kappa shape index (κ3) is 5.79. The number of piperazine rings is 1. The normalized spacial score (nSPS) is 20.9. The third-order valence-corrected chi connectivity index (χ3v) is 5.81. The van der Waals surface area contributed by atoms with E-state index >= 15 is 0 Å².